The number of rotatable bonds is 3. The Bertz CT molecular complexity index is 851. The summed E-state index contributed by atoms with van der Waals surface area (Å²) in [6.45, 7) is 1.79. The van der Waals surface area contributed by atoms with Gasteiger partial charge in [-0.2, -0.15) is 13.2 Å². The Morgan fingerprint density at radius 3 is 2.48 bits per heavy atom. The van der Waals surface area contributed by atoms with E-state index in [1.54, 1.807) is 12.4 Å². The van der Waals surface area contributed by atoms with Crippen molar-refractivity contribution in [3.8, 4) is 0 Å². The number of hydrogen-bond acceptors (Lipinski definition) is 6. The van der Waals surface area contributed by atoms with E-state index in [-0.39, 0.29) is 18.0 Å². The van der Waals surface area contributed by atoms with Crippen molar-refractivity contribution in [1.29, 1.82) is 0 Å². The third-order valence-corrected chi connectivity index (χ3v) is 4.77. The van der Waals surface area contributed by atoms with Crippen molar-refractivity contribution < 1.29 is 27.9 Å². The van der Waals surface area contributed by atoms with E-state index < -0.39 is 12.1 Å². The fourth-order valence-corrected chi connectivity index (χ4v) is 3.58. The highest BCUT2D eigenvalue weighted by Gasteiger charge is 2.47. The van der Waals surface area contributed by atoms with Crippen LogP contribution in [0.3, 0.4) is 0 Å². The summed E-state index contributed by atoms with van der Waals surface area (Å²) in [4.78, 5) is 38.0. The summed E-state index contributed by atoms with van der Waals surface area (Å²) < 4.78 is 31.7. The summed E-state index contributed by atoms with van der Waals surface area (Å²) in [5.41, 5.74) is 1.86. The molecule has 0 saturated carbocycles. The number of amides is 1. The fraction of sp³-hybridized carbons (Fsp3) is 0.389. The minimum Gasteiger partial charge on any atom is -0.475 e. The molecule has 154 valence electrons. The molecule has 0 bridgehead atoms. The Hall–Kier alpha value is -3.08. The zero-order valence-electron chi connectivity index (χ0n) is 15.2. The van der Waals surface area contributed by atoms with E-state index in [1.165, 1.54) is 6.33 Å². The standard InChI is InChI=1S/C16H17N5O.C2HF3O2/c22-16-7-15-14(21(16)13-8-17-11-18-9-13)4-6-20(15)10-12-3-1-2-5-19-12;3-2(4,5)1(6)7/h1-3,5,8-9,11,14-15H,4,6-7,10H2;(H,6,7). The molecule has 2 aliphatic rings. The Balaban J connectivity index is 0.000000298. The van der Waals surface area contributed by atoms with E-state index in [0.717, 1.165) is 30.9 Å². The molecular weight excluding hydrogens is 391 g/mol. The molecular formula is C18H18F3N5O3. The number of pyridine rings is 1. The number of aromatic nitrogens is 3. The smallest absolute Gasteiger partial charge is 0.475 e. The van der Waals surface area contributed by atoms with Crippen molar-refractivity contribution in [1.82, 2.24) is 19.9 Å². The number of nitrogens with zero attached hydrogens (tertiary/aromatic N) is 5. The predicted molar refractivity (Wildman–Crippen MR) is 94.7 cm³/mol. The number of halogens is 3. The summed E-state index contributed by atoms with van der Waals surface area (Å²) in [6, 6.07) is 6.44. The topological polar surface area (TPSA) is 99.5 Å². The summed E-state index contributed by atoms with van der Waals surface area (Å²) in [6.07, 6.45) is 3.20. The van der Waals surface area contributed by atoms with Crippen molar-refractivity contribution in [2.75, 3.05) is 11.4 Å². The number of anilines is 1. The van der Waals surface area contributed by atoms with Gasteiger partial charge in [0, 0.05) is 31.7 Å². The maximum absolute atomic E-state index is 12.4. The van der Waals surface area contributed by atoms with Gasteiger partial charge in [0.2, 0.25) is 5.91 Å². The largest absolute Gasteiger partial charge is 0.490 e. The van der Waals surface area contributed by atoms with Crippen LogP contribution >= 0.6 is 0 Å². The van der Waals surface area contributed by atoms with Crippen LogP contribution in [-0.2, 0) is 16.1 Å². The molecule has 1 N–H and O–H groups in total. The van der Waals surface area contributed by atoms with E-state index in [2.05, 4.69) is 19.9 Å². The zero-order valence-corrected chi connectivity index (χ0v) is 15.2. The molecule has 1 amide bonds. The van der Waals surface area contributed by atoms with E-state index in [1.807, 2.05) is 29.3 Å². The predicted octanol–water partition coefficient (Wildman–Crippen LogP) is 1.88. The molecule has 2 aromatic heterocycles. The van der Waals surface area contributed by atoms with Gasteiger partial charge >= 0.3 is 12.1 Å². The highest BCUT2D eigenvalue weighted by molar-refractivity contribution is 5.97. The summed E-state index contributed by atoms with van der Waals surface area (Å²) in [5.74, 6) is -2.59. The number of carbonyl (C=O) groups excluding carboxylic acids is 1. The molecule has 2 saturated heterocycles. The number of fused-ring (bicyclic) bond motifs is 1. The third-order valence-electron chi connectivity index (χ3n) is 4.77. The van der Waals surface area contributed by atoms with Crippen LogP contribution in [0.2, 0.25) is 0 Å². The second-order valence-corrected chi connectivity index (χ2v) is 6.58. The molecule has 4 rings (SSSR count). The van der Waals surface area contributed by atoms with Crippen molar-refractivity contribution in [3.63, 3.8) is 0 Å². The van der Waals surface area contributed by atoms with Crippen LogP contribution in [0.5, 0.6) is 0 Å². The summed E-state index contributed by atoms with van der Waals surface area (Å²) in [5, 5.41) is 7.12. The number of carboxylic acids is 1. The molecule has 0 aromatic carbocycles. The van der Waals surface area contributed by atoms with E-state index >= 15 is 0 Å². The molecule has 0 spiro atoms. The molecule has 0 aliphatic carbocycles. The molecule has 2 aromatic rings. The third kappa shape index (κ3) is 4.86. The molecule has 2 fully saturated rings. The molecule has 2 unspecified atom stereocenters. The number of likely N-dealkylation sites (tertiary alicyclic amines) is 1. The molecule has 29 heavy (non-hydrogen) atoms. The first-order valence-corrected chi connectivity index (χ1v) is 8.78. The number of aliphatic carboxylic acids is 1. The highest BCUT2D eigenvalue weighted by atomic mass is 19.4. The van der Waals surface area contributed by atoms with Gasteiger partial charge < -0.3 is 10.0 Å². The molecule has 0 radical (unpaired) electrons. The lowest BCUT2D eigenvalue weighted by atomic mass is 10.1. The highest BCUT2D eigenvalue weighted by Crippen LogP contribution is 2.35. The molecule has 8 nitrogen and oxygen atoms in total. The number of carbonyl (C=O) groups is 2. The van der Waals surface area contributed by atoms with Gasteiger partial charge in [0.05, 0.1) is 29.8 Å². The molecule has 2 aliphatic heterocycles. The Morgan fingerprint density at radius 1 is 1.21 bits per heavy atom. The Kier molecular flexibility index (Phi) is 6.06. The summed E-state index contributed by atoms with van der Waals surface area (Å²) >= 11 is 0. The average Bonchev–Trinajstić information content (AvgIpc) is 3.21. The lowest BCUT2D eigenvalue weighted by Gasteiger charge is -2.24. The molecule has 11 heteroatoms. The van der Waals surface area contributed by atoms with Crippen LogP contribution in [0.4, 0.5) is 18.9 Å². The molecule has 2 atom stereocenters. The SMILES string of the molecule is O=C(O)C(F)(F)F.O=C1CC2C(CCN2Cc2ccccn2)N1c1cncnc1. The maximum Gasteiger partial charge on any atom is 0.490 e. The first-order chi connectivity index (χ1) is 13.8. The van der Waals surface area contributed by atoms with Crippen molar-refractivity contribution in [2.24, 2.45) is 0 Å². The lowest BCUT2D eigenvalue weighted by Crippen LogP contribution is -2.37. The van der Waals surface area contributed by atoms with Crippen LogP contribution in [0.1, 0.15) is 18.5 Å². The van der Waals surface area contributed by atoms with Crippen LogP contribution in [0.15, 0.2) is 43.1 Å². The van der Waals surface area contributed by atoms with Gasteiger partial charge in [-0.3, -0.25) is 14.7 Å². The van der Waals surface area contributed by atoms with Gasteiger partial charge in [-0.15, -0.1) is 0 Å². The van der Waals surface area contributed by atoms with Crippen LogP contribution in [0.25, 0.3) is 0 Å². The van der Waals surface area contributed by atoms with Gasteiger partial charge in [0.15, 0.2) is 0 Å². The minimum atomic E-state index is -5.08. The van der Waals surface area contributed by atoms with Crippen LogP contribution in [0, 0.1) is 0 Å². The van der Waals surface area contributed by atoms with Gasteiger partial charge in [-0.25, -0.2) is 14.8 Å². The number of hydrogen-bond donors (Lipinski definition) is 1. The fourth-order valence-electron chi connectivity index (χ4n) is 3.58. The average molecular weight is 409 g/mol. The van der Waals surface area contributed by atoms with E-state index in [4.69, 9.17) is 9.90 Å². The first kappa shape index (κ1) is 20.6. The second kappa shape index (κ2) is 8.52. The maximum atomic E-state index is 12.4. The minimum absolute atomic E-state index is 0.163. The number of carboxylic acid groups (broad SMARTS) is 1. The van der Waals surface area contributed by atoms with Gasteiger partial charge in [-0.05, 0) is 18.6 Å². The second-order valence-electron chi connectivity index (χ2n) is 6.58. The number of alkyl halides is 3. The van der Waals surface area contributed by atoms with Crippen LogP contribution in [-0.4, -0.2) is 61.6 Å². The van der Waals surface area contributed by atoms with Crippen molar-refractivity contribution in [2.45, 2.75) is 37.6 Å². The van der Waals surface area contributed by atoms with Gasteiger partial charge in [-0.1, -0.05) is 6.07 Å². The van der Waals surface area contributed by atoms with Crippen molar-refractivity contribution in [3.05, 3.63) is 48.8 Å². The Labute approximate surface area is 164 Å². The van der Waals surface area contributed by atoms with Crippen LogP contribution < -0.4 is 4.90 Å². The summed E-state index contributed by atoms with van der Waals surface area (Å²) in [7, 11) is 0. The normalized spacial score (nSPS) is 21.5. The van der Waals surface area contributed by atoms with E-state index in [0.29, 0.717) is 6.42 Å². The van der Waals surface area contributed by atoms with Gasteiger partial charge in [0.1, 0.15) is 6.33 Å². The first-order valence-electron chi connectivity index (χ1n) is 8.78. The van der Waals surface area contributed by atoms with Gasteiger partial charge in [0.25, 0.3) is 0 Å². The quantitative estimate of drug-likeness (QED) is 0.826. The molecule has 4 heterocycles. The Morgan fingerprint density at radius 2 is 1.90 bits per heavy atom. The zero-order chi connectivity index (χ0) is 21.0. The monoisotopic (exact) mass is 409 g/mol. The van der Waals surface area contributed by atoms with E-state index in [9.17, 15) is 18.0 Å². The van der Waals surface area contributed by atoms with Crippen molar-refractivity contribution >= 4 is 17.6 Å². The lowest BCUT2D eigenvalue weighted by molar-refractivity contribution is -0.192.